The third-order valence-corrected chi connectivity index (χ3v) is 5.80. The number of carbonyl (C=O) groups excluding carboxylic acids is 1. The molecule has 0 spiro atoms. The molecular weight excluding hydrogens is 450 g/mol. The van der Waals surface area contributed by atoms with Crippen LogP contribution in [-0.2, 0) is 4.79 Å². The van der Waals surface area contributed by atoms with Crippen LogP contribution in [0.15, 0.2) is 69.9 Å². The van der Waals surface area contributed by atoms with Gasteiger partial charge in [-0.1, -0.05) is 35.1 Å². The Morgan fingerprint density at radius 2 is 1.91 bits per heavy atom. The lowest BCUT2D eigenvalue weighted by atomic mass is 10.2. The van der Waals surface area contributed by atoms with E-state index in [9.17, 15) is 9.59 Å². The summed E-state index contributed by atoms with van der Waals surface area (Å²) in [6.07, 6.45) is 1.66. The highest BCUT2D eigenvalue weighted by molar-refractivity contribution is 7.15. The summed E-state index contributed by atoms with van der Waals surface area (Å²) in [6, 6.07) is 17.8. The van der Waals surface area contributed by atoms with Crippen molar-refractivity contribution in [3.05, 3.63) is 86.3 Å². The summed E-state index contributed by atoms with van der Waals surface area (Å²) in [5.74, 6) is 1.40. The minimum Gasteiger partial charge on any atom is -0.457 e. The van der Waals surface area contributed by atoms with E-state index in [-0.39, 0.29) is 5.56 Å². The molecule has 5 rings (SSSR count). The van der Waals surface area contributed by atoms with E-state index in [1.165, 1.54) is 22.8 Å². The largest absolute Gasteiger partial charge is 0.457 e. The van der Waals surface area contributed by atoms with Gasteiger partial charge in [0, 0.05) is 23.6 Å². The Labute approximate surface area is 190 Å². The lowest BCUT2D eigenvalue weighted by molar-refractivity contribution is -0.131. The van der Waals surface area contributed by atoms with Crippen molar-refractivity contribution in [3.8, 4) is 28.5 Å². The summed E-state index contributed by atoms with van der Waals surface area (Å²) in [7, 11) is 0. The highest BCUT2D eigenvalue weighted by Crippen LogP contribution is 2.28. The number of esters is 1. The Bertz CT molecular complexity index is 1570. The van der Waals surface area contributed by atoms with E-state index in [1.807, 2.05) is 18.2 Å². The Hall–Kier alpha value is -3.75. The first-order valence-electron chi connectivity index (χ1n) is 9.53. The molecule has 7 nitrogen and oxygen atoms in total. The standard InChI is InChI=1S/C23H14ClN3O4S/c1-13(28)30-19-5-3-2-4-17(19)21-25-23-27(26-21)22(29)20(32-23)12-16-10-11-18(31-16)14-6-8-15(24)9-7-14/h2-12H,1H3. The van der Waals surface area contributed by atoms with Crippen molar-refractivity contribution in [1.82, 2.24) is 14.6 Å². The molecule has 0 unspecified atom stereocenters. The number of nitrogens with zero attached hydrogens (tertiary/aromatic N) is 3. The molecule has 0 N–H and O–H groups in total. The second-order valence-corrected chi connectivity index (χ2v) is 8.29. The van der Waals surface area contributed by atoms with Gasteiger partial charge in [0.25, 0.3) is 5.56 Å². The summed E-state index contributed by atoms with van der Waals surface area (Å²) < 4.78 is 12.8. The Kier molecular flexibility index (Phi) is 5.08. The van der Waals surface area contributed by atoms with Gasteiger partial charge in [-0.05, 0) is 48.5 Å². The maximum Gasteiger partial charge on any atom is 0.308 e. The average molecular weight is 464 g/mol. The number of hydrogen-bond donors (Lipinski definition) is 0. The summed E-state index contributed by atoms with van der Waals surface area (Å²) in [6.45, 7) is 1.32. The predicted molar refractivity (Wildman–Crippen MR) is 122 cm³/mol. The van der Waals surface area contributed by atoms with E-state index in [0.29, 0.717) is 43.2 Å². The van der Waals surface area contributed by atoms with Crippen LogP contribution in [-0.4, -0.2) is 20.6 Å². The summed E-state index contributed by atoms with van der Waals surface area (Å²) in [5, 5.41) is 4.97. The fourth-order valence-corrected chi connectivity index (χ4v) is 4.19. The molecule has 0 atom stereocenters. The van der Waals surface area contributed by atoms with E-state index in [4.69, 9.17) is 20.8 Å². The normalized spacial score (nSPS) is 11.9. The molecule has 32 heavy (non-hydrogen) atoms. The average Bonchev–Trinajstić information content (AvgIpc) is 3.46. The zero-order valence-corrected chi connectivity index (χ0v) is 18.2. The molecule has 0 fully saturated rings. The van der Waals surface area contributed by atoms with Crippen molar-refractivity contribution in [2.75, 3.05) is 0 Å². The third kappa shape index (κ3) is 3.81. The molecule has 3 aromatic heterocycles. The molecule has 0 aliphatic carbocycles. The predicted octanol–water partition coefficient (Wildman–Crippen LogP) is 4.20. The molecular formula is C23H14ClN3O4S. The van der Waals surface area contributed by atoms with Gasteiger partial charge in [0.2, 0.25) is 4.96 Å². The van der Waals surface area contributed by atoms with Gasteiger partial charge in [0.05, 0.1) is 5.56 Å². The Morgan fingerprint density at radius 3 is 2.66 bits per heavy atom. The number of benzene rings is 2. The maximum atomic E-state index is 12.9. The van der Waals surface area contributed by atoms with Crippen LogP contribution in [0, 0.1) is 0 Å². The van der Waals surface area contributed by atoms with Crippen LogP contribution in [0.25, 0.3) is 33.7 Å². The fraction of sp³-hybridized carbons (Fsp3) is 0.0435. The fourth-order valence-electron chi connectivity index (χ4n) is 3.17. The van der Waals surface area contributed by atoms with Crippen LogP contribution in [0.4, 0.5) is 0 Å². The van der Waals surface area contributed by atoms with Gasteiger partial charge in [0.15, 0.2) is 5.82 Å². The molecule has 0 saturated carbocycles. The van der Waals surface area contributed by atoms with Crippen LogP contribution in [0.2, 0.25) is 5.02 Å². The van der Waals surface area contributed by atoms with Crippen molar-refractivity contribution >= 4 is 39.9 Å². The molecule has 0 radical (unpaired) electrons. The lowest BCUT2D eigenvalue weighted by Crippen LogP contribution is -2.23. The van der Waals surface area contributed by atoms with E-state index >= 15 is 0 Å². The quantitative estimate of drug-likeness (QED) is 0.293. The van der Waals surface area contributed by atoms with Gasteiger partial charge in [-0.2, -0.15) is 9.50 Å². The number of halogens is 1. The van der Waals surface area contributed by atoms with Crippen molar-refractivity contribution in [1.29, 1.82) is 0 Å². The first-order chi connectivity index (χ1) is 15.5. The van der Waals surface area contributed by atoms with Gasteiger partial charge in [-0.15, -0.1) is 5.10 Å². The molecule has 0 aliphatic heterocycles. The number of ether oxygens (including phenoxy) is 1. The first kappa shape index (κ1) is 20.2. The van der Waals surface area contributed by atoms with E-state index in [0.717, 1.165) is 5.56 Å². The Balaban J connectivity index is 1.50. The summed E-state index contributed by atoms with van der Waals surface area (Å²) >= 11 is 7.13. The number of para-hydroxylation sites is 1. The van der Waals surface area contributed by atoms with Crippen LogP contribution in [0.5, 0.6) is 5.75 Å². The second kappa shape index (κ2) is 8.07. The van der Waals surface area contributed by atoms with Gasteiger partial charge >= 0.3 is 5.97 Å². The summed E-state index contributed by atoms with van der Waals surface area (Å²) in [4.78, 5) is 29.1. The van der Waals surface area contributed by atoms with Crippen LogP contribution in [0.1, 0.15) is 12.7 Å². The van der Waals surface area contributed by atoms with Crippen molar-refractivity contribution in [3.63, 3.8) is 0 Å². The molecule has 0 bridgehead atoms. The lowest BCUT2D eigenvalue weighted by Gasteiger charge is -2.04. The highest BCUT2D eigenvalue weighted by Gasteiger charge is 2.16. The van der Waals surface area contributed by atoms with Crippen LogP contribution >= 0.6 is 22.9 Å². The number of rotatable bonds is 4. The van der Waals surface area contributed by atoms with Gasteiger partial charge in [-0.3, -0.25) is 9.59 Å². The Morgan fingerprint density at radius 1 is 1.12 bits per heavy atom. The highest BCUT2D eigenvalue weighted by atomic mass is 35.5. The topological polar surface area (TPSA) is 86.7 Å². The SMILES string of the molecule is CC(=O)Oc1ccccc1-c1nc2sc(=Cc3ccc(-c4ccc(Cl)cc4)o3)c(=O)n2n1. The number of hydrogen-bond acceptors (Lipinski definition) is 7. The van der Waals surface area contributed by atoms with Crippen molar-refractivity contribution in [2.24, 2.45) is 0 Å². The maximum absolute atomic E-state index is 12.9. The minimum atomic E-state index is -0.448. The van der Waals surface area contributed by atoms with E-state index in [2.05, 4.69) is 10.1 Å². The molecule has 0 aliphatic rings. The smallest absolute Gasteiger partial charge is 0.308 e. The number of aromatic nitrogens is 3. The van der Waals surface area contributed by atoms with E-state index < -0.39 is 5.97 Å². The molecule has 158 valence electrons. The molecule has 3 heterocycles. The zero-order valence-electron chi connectivity index (χ0n) is 16.6. The second-order valence-electron chi connectivity index (χ2n) is 6.84. The molecule has 2 aromatic carbocycles. The first-order valence-corrected chi connectivity index (χ1v) is 10.7. The summed E-state index contributed by atoms with van der Waals surface area (Å²) in [5.41, 5.74) is 1.11. The molecule has 9 heteroatoms. The van der Waals surface area contributed by atoms with Gasteiger partial charge in [0.1, 0.15) is 21.8 Å². The molecule has 5 aromatic rings. The third-order valence-electron chi connectivity index (χ3n) is 4.59. The minimum absolute atomic E-state index is 0.305. The van der Waals surface area contributed by atoms with Gasteiger partial charge in [-0.25, -0.2) is 0 Å². The van der Waals surface area contributed by atoms with Gasteiger partial charge < -0.3 is 9.15 Å². The number of furan rings is 1. The molecule has 0 saturated heterocycles. The number of carbonyl (C=O) groups is 1. The van der Waals surface area contributed by atoms with Crippen LogP contribution < -0.4 is 14.8 Å². The zero-order chi connectivity index (χ0) is 22.2. The van der Waals surface area contributed by atoms with E-state index in [1.54, 1.807) is 48.5 Å². The number of fused-ring (bicyclic) bond motifs is 1. The van der Waals surface area contributed by atoms with Crippen LogP contribution in [0.3, 0.4) is 0 Å². The monoisotopic (exact) mass is 463 g/mol. The van der Waals surface area contributed by atoms with Crippen molar-refractivity contribution < 1.29 is 13.9 Å². The number of thiazole rings is 1. The molecule has 0 amide bonds. The van der Waals surface area contributed by atoms with Crippen molar-refractivity contribution in [2.45, 2.75) is 6.92 Å².